The fraction of sp³-hybridized carbons (Fsp3) is 0.0800. The molecule has 1 heterocycles. The molecule has 0 radical (unpaired) electrons. The van der Waals surface area contributed by atoms with Crippen LogP contribution in [0.1, 0.15) is 31.1 Å². The number of amides is 3. The van der Waals surface area contributed by atoms with Crippen molar-refractivity contribution in [3.05, 3.63) is 89.5 Å². The van der Waals surface area contributed by atoms with Crippen LogP contribution >= 0.6 is 11.8 Å². The highest BCUT2D eigenvalue weighted by Crippen LogP contribution is 2.29. The fourth-order valence-electron chi connectivity index (χ4n) is 3.40. The van der Waals surface area contributed by atoms with Crippen molar-refractivity contribution in [2.45, 2.75) is 4.90 Å². The monoisotopic (exact) mass is 471 g/mol. The number of imide groups is 1. The molecule has 0 bridgehead atoms. The van der Waals surface area contributed by atoms with Crippen LogP contribution in [0.25, 0.3) is 0 Å². The van der Waals surface area contributed by atoms with Gasteiger partial charge in [-0.1, -0.05) is 30.3 Å². The number of nitrogens with zero attached hydrogens (tertiary/aromatic N) is 2. The average molecular weight is 471 g/mol. The minimum absolute atomic E-state index is 0.0897. The number of nitriles is 1. The van der Waals surface area contributed by atoms with E-state index in [-0.39, 0.29) is 17.0 Å². The number of esters is 1. The van der Waals surface area contributed by atoms with Crippen LogP contribution in [0.15, 0.2) is 77.7 Å². The van der Waals surface area contributed by atoms with Crippen LogP contribution in [-0.4, -0.2) is 36.1 Å². The lowest BCUT2D eigenvalue weighted by Gasteiger charge is -2.15. The Morgan fingerprint density at radius 1 is 0.941 bits per heavy atom. The van der Waals surface area contributed by atoms with E-state index < -0.39 is 30.3 Å². The van der Waals surface area contributed by atoms with E-state index in [0.717, 1.165) is 9.80 Å². The van der Waals surface area contributed by atoms with E-state index in [2.05, 4.69) is 5.32 Å². The van der Waals surface area contributed by atoms with Crippen molar-refractivity contribution in [2.75, 3.05) is 22.6 Å². The number of benzene rings is 3. The molecule has 0 atom stereocenters. The number of fused-ring (bicyclic) bond motifs is 1. The molecular formula is C25H17N3O5S. The summed E-state index contributed by atoms with van der Waals surface area (Å²) in [6.07, 6.45) is 0. The maximum atomic E-state index is 12.7. The lowest BCUT2D eigenvalue weighted by molar-refractivity contribution is -0.119. The Labute approximate surface area is 199 Å². The first-order chi connectivity index (χ1) is 16.5. The summed E-state index contributed by atoms with van der Waals surface area (Å²) >= 11 is 1.28. The molecule has 3 aromatic rings. The molecule has 0 unspecified atom stereocenters. The predicted octanol–water partition coefficient (Wildman–Crippen LogP) is 3.90. The van der Waals surface area contributed by atoms with Crippen molar-refractivity contribution in [3.63, 3.8) is 0 Å². The molecular weight excluding hydrogens is 454 g/mol. The molecule has 0 saturated heterocycles. The maximum Gasteiger partial charge on any atom is 0.338 e. The molecule has 8 nitrogen and oxygen atoms in total. The van der Waals surface area contributed by atoms with Gasteiger partial charge in [0.15, 0.2) is 6.61 Å². The van der Waals surface area contributed by atoms with Gasteiger partial charge in [-0.3, -0.25) is 14.4 Å². The molecule has 9 heteroatoms. The number of rotatable bonds is 7. The highest BCUT2D eigenvalue weighted by molar-refractivity contribution is 7.99. The minimum atomic E-state index is -0.777. The van der Waals surface area contributed by atoms with Gasteiger partial charge in [0.25, 0.3) is 17.7 Å². The van der Waals surface area contributed by atoms with E-state index in [1.54, 1.807) is 54.6 Å². The van der Waals surface area contributed by atoms with E-state index in [0.29, 0.717) is 16.8 Å². The lowest BCUT2D eigenvalue weighted by atomic mass is 10.1. The summed E-state index contributed by atoms with van der Waals surface area (Å²) in [5, 5.41) is 11.4. The molecule has 3 aromatic carbocycles. The smallest absolute Gasteiger partial charge is 0.338 e. The Balaban J connectivity index is 1.41. The number of hydrogen-bond acceptors (Lipinski definition) is 7. The molecule has 168 valence electrons. The molecule has 1 N–H and O–H groups in total. The largest absolute Gasteiger partial charge is 0.452 e. The van der Waals surface area contributed by atoms with Crippen molar-refractivity contribution < 1.29 is 23.9 Å². The number of thioether (sulfide) groups is 1. The molecule has 4 rings (SSSR count). The van der Waals surface area contributed by atoms with Gasteiger partial charge in [-0.15, -0.1) is 11.8 Å². The second-order valence-corrected chi connectivity index (χ2v) is 8.13. The quantitative estimate of drug-likeness (QED) is 0.316. The fourth-order valence-corrected chi connectivity index (χ4v) is 4.07. The summed E-state index contributed by atoms with van der Waals surface area (Å²) < 4.78 is 5.12. The lowest BCUT2D eigenvalue weighted by Crippen LogP contribution is -2.29. The summed E-state index contributed by atoms with van der Waals surface area (Å²) in [7, 11) is 0. The van der Waals surface area contributed by atoms with Crippen LogP contribution in [0.2, 0.25) is 0 Å². The standard InChI is InChI=1S/C25H17N3O5S/c26-12-13-34-21-11-4-3-10-20(21)27-22(29)15-33-25(32)16-6-5-7-17(14-16)28-23(30)18-8-1-2-9-19(18)24(28)31/h1-11,14H,13,15H2,(H,27,29). The van der Waals surface area contributed by atoms with Crippen LogP contribution in [-0.2, 0) is 9.53 Å². The highest BCUT2D eigenvalue weighted by Gasteiger charge is 2.36. The molecule has 34 heavy (non-hydrogen) atoms. The zero-order valence-electron chi connectivity index (χ0n) is 17.7. The summed E-state index contributed by atoms with van der Waals surface area (Å²) in [5.74, 6) is -2.04. The van der Waals surface area contributed by atoms with Crippen molar-refractivity contribution in [3.8, 4) is 6.07 Å². The van der Waals surface area contributed by atoms with Crippen molar-refractivity contribution >= 4 is 46.8 Å². The average Bonchev–Trinajstić information content (AvgIpc) is 3.12. The number of nitrogens with one attached hydrogen (secondary N) is 1. The van der Waals surface area contributed by atoms with Gasteiger partial charge in [0.2, 0.25) is 0 Å². The molecule has 1 aliphatic rings. The number of ether oxygens (including phenoxy) is 1. The van der Waals surface area contributed by atoms with Gasteiger partial charge in [0, 0.05) is 4.90 Å². The third kappa shape index (κ3) is 4.67. The number of hydrogen-bond donors (Lipinski definition) is 1. The van der Waals surface area contributed by atoms with E-state index in [1.807, 2.05) is 6.07 Å². The Morgan fingerprint density at radius 3 is 2.32 bits per heavy atom. The molecule has 3 amide bonds. The van der Waals surface area contributed by atoms with Gasteiger partial charge >= 0.3 is 5.97 Å². The predicted molar refractivity (Wildman–Crippen MR) is 126 cm³/mol. The second-order valence-electron chi connectivity index (χ2n) is 7.11. The molecule has 0 spiro atoms. The first kappa shape index (κ1) is 22.8. The molecule has 0 fully saturated rings. The van der Waals surface area contributed by atoms with E-state index in [1.165, 1.54) is 30.0 Å². The second kappa shape index (κ2) is 10.0. The molecule has 0 saturated carbocycles. The third-order valence-electron chi connectivity index (χ3n) is 4.92. The van der Waals surface area contributed by atoms with Gasteiger partial charge in [0.1, 0.15) is 0 Å². The molecule has 0 aromatic heterocycles. The van der Waals surface area contributed by atoms with Crippen LogP contribution < -0.4 is 10.2 Å². The number of carbonyl (C=O) groups excluding carboxylic acids is 4. The number of carbonyl (C=O) groups is 4. The minimum Gasteiger partial charge on any atom is -0.452 e. The summed E-state index contributed by atoms with van der Waals surface area (Å²) in [5.41, 5.74) is 1.42. The number of para-hydroxylation sites is 1. The van der Waals surface area contributed by atoms with Crippen molar-refractivity contribution in [1.82, 2.24) is 0 Å². The Morgan fingerprint density at radius 2 is 1.62 bits per heavy atom. The first-order valence-electron chi connectivity index (χ1n) is 10.1. The Kier molecular flexibility index (Phi) is 6.71. The van der Waals surface area contributed by atoms with Crippen molar-refractivity contribution in [2.24, 2.45) is 0 Å². The van der Waals surface area contributed by atoms with Gasteiger partial charge in [-0.05, 0) is 42.5 Å². The van der Waals surface area contributed by atoms with E-state index in [4.69, 9.17) is 10.00 Å². The van der Waals surface area contributed by atoms with Crippen LogP contribution in [0, 0.1) is 11.3 Å². The SMILES string of the molecule is N#CCSc1ccccc1NC(=O)COC(=O)c1cccc(N2C(=O)c3ccccc3C2=O)c1. The molecule has 1 aliphatic heterocycles. The third-order valence-corrected chi connectivity index (χ3v) is 5.86. The summed E-state index contributed by atoms with van der Waals surface area (Å²) in [4.78, 5) is 51.9. The molecule has 0 aliphatic carbocycles. The van der Waals surface area contributed by atoms with Crippen LogP contribution in [0.4, 0.5) is 11.4 Å². The van der Waals surface area contributed by atoms with Gasteiger partial charge in [-0.2, -0.15) is 5.26 Å². The number of anilines is 2. The van der Waals surface area contributed by atoms with Crippen molar-refractivity contribution in [1.29, 1.82) is 5.26 Å². The normalized spacial score (nSPS) is 12.1. The maximum absolute atomic E-state index is 12.7. The van der Waals surface area contributed by atoms with Crippen LogP contribution in [0.3, 0.4) is 0 Å². The van der Waals surface area contributed by atoms with Crippen LogP contribution in [0.5, 0.6) is 0 Å². The topological polar surface area (TPSA) is 117 Å². The zero-order chi connectivity index (χ0) is 24.1. The van der Waals surface area contributed by atoms with Gasteiger partial charge < -0.3 is 10.1 Å². The highest BCUT2D eigenvalue weighted by atomic mass is 32.2. The van der Waals surface area contributed by atoms with Gasteiger partial charge in [-0.25, -0.2) is 9.69 Å². The van der Waals surface area contributed by atoms with E-state index in [9.17, 15) is 19.2 Å². The van der Waals surface area contributed by atoms with E-state index >= 15 is 0 Å². The Bertz CT molecular complexity index is 1310. The summed E-state index contributed by atoms with van der Waals surface area (Å²) in [6, 6.07) is 21.4. The first-order valence-corrected chi connectivity index (χ1v) is 11.1. The Hall–Kier alpha value is -4.42. The summed E-state index contributed by atoms with van der Waals surface area (Å²) in [6.45, 7) is -0.534. The zero-order valence-corrected chi connectivity index (χ0v) is 18.5. The van der Waals surface area contributed by atoms with Gasteiger partial charge in [0.05, 0.1) is 39.9 Å².